The van der Waals surface area contributed by atoms with E-state index < -0.39 is 0 Å². The highest BCUT2D eigenvalue weighted by molar-refractivity contribution is 5.98. The molecule has 1 heterocycles. The summed E-state index contributed by atoms with van der Waals surface area (Å²) in [6.07, 6.45) is 2.52. The van der Waals surface area contributed by atoms with E-state index in [4.69, 9.17) is 4.74 Å². The number of amides is 1. The van der Waals surface area contributed by atoms with Crippen LogP contribution in [0.25, 0.3) is 0 Å². The van der Waals surface area contributed by atoms with Gasteiger partial charge in [-0.3, -0.25) is 9.59 Å². The Hall–Kier alpha value is -1.88. The normalized spacial score (nSPS) is 20.8. The van der Waals surface area contributed by atoms with Crippen LogP contribution in [0, 0.1) is 0 Å². The number of benzene rings is 1. The number of carbonyl (C=O) groups excluding carboxylic acids is 2. The van der Waals surface area contributed by atoms with E-state index in [0.29, 0.717) is 12.2 Å². The molecular formula is C18H26N2O3. The SMILES string of the molecule is CCOc1ccc(C(=O)CCC(=O)NC2CCCNC2C)cc1. The van der Waals surface area contributed by atoms with Crippen LogP contribution in [0.1, 0.15) is 49.9 Å². The molecule has 0 bridgehead atoms. The molecule has 2 unspecified atom stereocenters. The molecule has 1 aliphatic heterocycles. The minimum absolute atomic E-state index is 0.0157. The number of nitrogens with one attached hydrogen (secondary N) is 2. The van der Waals surface area contributed by atoms with Gasteiger partial charge in [0.05, 0.1) is 6.61 Å². The van der Waals surface area contributed by atoms with Crippen LogP contribution in [-0.4, -0.2) is 36.9 Å². The van der Waals surface area contributed by atoms with Crippen LogP contribution in [0.15, 0.2) is 24.3 Å². The van der Waals surface area contributed by atoms with Gasteiger partial charge in [0.1, 0.15) is 5.75 Å². The van der Waals surface area contributed by atoms with Gasteiger partial charge in [0.25, 0.3) is 0 Å². The quantitative estimate of drug-likeness (QED) is 0.757. The Morgan fingerprint density at radius 2 is 2.00 bits per heavy atom. The molecule has 0 aromatic heterocycles. The summed E-state index contributed by atoms with van der Waals surface area (Å²) in [5.41, 5.74) is 0.619. The number of Topliss-reactive ketones (excluding diaryl/α,β-unsaturated/α-hetero) is 1. The first-order valence-electron chi connectivity index (χ1n) is 8.39. The van der Waals surface area contributed by atoms with Crippen molar-refractivity contribution < 1.29 is 14.3 Å². The maximum atomic E-state index is 12.1. The third-order valence-electron chi connectivity index (χ3n) is 4.17. The van der Waals surface area contributed by atoms with Crippen molar-refractivity contribution in [2.24, 2.45) is 0 Å². The molecule has 0 radical (unpaired) electrons. The summed E-state index contributed by atoms with van der Waals surface area (Å²) in [6.45, 7) is 5.60. The van der Waals surface area contributed by atoms with Crippen molar-refractivity contribution in [3.63, 3.8) is 0 Å². The van der Waals surface area contributed by atoms with E-state index in [9.17, 15) is 9.59 Å². The Balaban J connectivity index is 1.77. The number of ketones is 1. The van der Waals surface area contributed by atoms with E-state index in [-0.39, 0.29) is 36.6 Å². The summed E-state index contributed by atoms with van der Waals surface area (Å²) >= 11 is 0. The van der Waals surface area contributed by atoms with Crippen LogP contribution < -0.4 is 15.4 Å². The predicted molar refractivity (Wildman–Crippen MR) is 89.8 cm³/mol. The molecule has 0 spiro atoms. The lowest BCUT2D eigenvalue weighted by Crippen LogP contribution is -2.51. The van der Waals surface area contributed by atoms with Gasteiger partial charge < -0.3 is 15.4 Å². The highest BCUT2D eigenvalue weighted by Gasteiger charge is 2.22. The molecule has 1 amide bonds. The van der Waals surface area contributed by atoms with E-state index >= 15 is 0 Å². The van der Waals surface area contributed by atoms with Gasteiger partial charge in [0.2, 0.25) is 5.91 Å². The van der Waals surface area contributed by atoms with Crippen molar-refractivity contribution in [1.82, 2.24) is 10.6 Å². The predicted octanol–water partition coefficient (Wildman–Crippen LogP) is 2.30. The van der Waals surface area contributed by atoms with Crippen molar-refractivity contribution in [2.45, 2.75) is 51.6 Å². The number of rotatable bonds is 7. The van der Waals surface area contributed by atoms with Crippen LogP contribution >= 0.6 is 0 Å². The molecule has 0 aliphatic carbocycles. The zero-order valence-electron chi connectivity index (χ0n) is 13.9. The van der Waals surface area contributed by atoms with Gasteiger partial charge in [-0.1, -0.05) is 0 Å². The van der Waals surface area contributed by atoms with Crippen LogP contribution in [0.2, 0.25) is 0 Å². The van der Waals surface area contributed by atoms with Crippen molar-refractivity contribution in [2.75, 3.05) is 13.2 Å². The van der Waals surface area contributed by atoms with Gasteiger partial charge in [-0.05, 0) is 57.5 Å². The standard InChI is InChI=1S/C18H26N2O3/c1-3-23-15-8-6-14(7-9-15)17(21)10-11-18(22)20-16-5-4-12-19-13(16)2/h6-9,13,16,19H,3-5,10-12H2,1-2H3,(H,20,22). The topological polar surface area (TPSA) is 67.4 Å². The van der Waals surface area contributed by atoms with Crippen LogP contribution in [-0.2, 0) is 4.79 Å². The Morgan fingerprint density at radius 3 is 2.65 bits per heavy atom. The largest absolute Gasteiger partial charge is 0.494 e. The second-order valence-electron chi connectivity index (χ2n) is 5.94. The number of hydrogen-bond donors (Lipinski definition) is 2. The van der Waals surface area contributed by atoms with E-state index in [2.05, 4.69) is 17.6 Å². The number of ether oxygens (including phenoxy) is 1. The molecule has 2 N–H and O–H groups in total. The van der Waals surface area contributed by atoms with Crippen molar-refractivity contribution >= 4 is 11.7 Å². The lowest BCUT2D eigenvalue weighted by molar-refractivity contribution is -0.122. The van der Waals surface area contributed by atoms with Gasteiger partial charge in [0.15, 0.2) is 5.78 Å². The zero-order valence-corrected chi connectivity index (χ0v) is 13.9. The van der Waals surface area contributed by atoms with Crippen LogP contribution in [0.4, 0.5) is 0 Å². The lowest BCUT2D eigenvalue weighted by atomic mass is 9.99. The molecule has 1 fully saturated rings. The second kappa shape index (κ2) is 8.67. The molecular weight excluding hydrogens is 292 g/mol. The summed E-state index contributed by atoms with van der Waals surface area (Å²) in [6, 6.07) is 7.51. The maximum Gasteiger partial charge on any atom is 0.220 e. The summed E-state index contributed by atoms with van der Waals surface area (Å²) in [7, 11) is 0. The third-order valence-corrected chi connectivity index (χ3v) is 4.17. The maximum absolute atomic E-state index is 12.1. The first-order chi connectivity index (χ1) is 11.1. The molecule has 126 valence electrons. The molecule has 5 nitrogen and oxygen atoms in total. The fraction of sp³-hybridized carbons (Fsp3) is 0.556. The van der Waals surface area contributed by atoms with E-state index in [0.717, 1.165) is 25.1 Å². The highest BCUT2D eigenvalue weighted by Crippen LogP contribution is 2.14. The van der Waals surface area contributed by atoms with Gasteiger partial charge in [-0.25, -0.2) is 0 Å². The fourth-order valence-corrected chi connectivity index (χ4v) is 2.80. The molecule has 1 saturated heterocycles. The van der Waals surface area contributed by atoms with E-state index in [1.54, 1.807) is 24.3 Å². The average molecular weight is 318 g/mol. The second-order valence-corrected chi connectivity index (χ2v) is 5.94. The summed E-state index contributed by atoms with van der Waals surface area (Å²) in [5, 5.41) is 6.38. The summed E-state index contributed by atoms with van der Waals surface area (Å²) < 4.78 is 5.35. The van der Waals surface area contributed by atoms with Gasteiger partial charge >= 0.3 is 0 Å². The average Bonchev–Trinajstić information content (AvgIpc) is 2.56. The molecule has 5 heteroatoms. The first-order valence-corrected chi connectivity index (χ1v) is 8.39. The highest BCUT2D eigenvalue weighted by atomic mass is 16.5. The first kappa shape index (κ1) is 17.5. The number of carbonyl (C=O) groups is 2. The van der Waals surface area contributed by atoms with Crippen molar-refractivity contribution in [3.05, 3.63) is 29.8 Å². The fourth-order valence-electron chi connectivity index (χ4n) is 2.80. The van der Waals surface area contributed by atoms with Crippen molar-refractivity contribution in [1.29, 1.82) is 0 Å². The molecule has 1 aliphatic rings. The summed E-state index contributed by atoms with van der Waals surface area (Å²) in [5.74, 6) is 0.684. The molecule has 2 rings (SSSR count). The van der Waals surface area contributed by atoms with E-state index in [1.165, 1.54) is 0 Å². The Labute approximate surface area is 137 Å². The summed E-state index contributed by atoms with van der Waals surface area (Å²) in [4.78, 5) is 24.2. The van der Waals surface area contributed by atoms with Gasteiger partial charge in [-0.15, -0.1) is 0 Å². The third kappa shape index (κ3) is 5.36. The van der Waals surface area contributed by atoms with Gasteiger partial charge in [-0.2, -0.15) is 0 Å². The van der Waals surface area contributed by atoms with Crippen LogP contribution in [0.5, 0.6) is 5.75 Å². The number of piperidine rings is 1. The Kier molecular flexibility index (Phi) is 6.59. The Bertz CT molecular complexity index is 528. The zero-order chi connectivity index (χ0) is 16.7. The monoisotopic (exact) mass is 318 g/mol. The minimum Gasteiger partial charge on any atom is -0.494 e. The molecule has 0 saturated carbocycles. The van der Waals surface area contributed by atoms with Crippen molar-refractivity contribution in [3.8, 4) is 5.75 Å². The van der Waals surface area contributed by atoms with Crippen LogP contribution in [0.3, 0.4) is 0 Å². The lowest BCUT2D eigenvalue weighted by Gasteiger charge is -2.30. The molecule has 2 atom stereocenters. The number of hydrogen-bond acceptors (Lipinski definition) is 4. The Morgan fingerprint density at radius 1 is 1.26 bits per heavy atom. The molecule has 1 aromatic carbocycles. The van der Waals surface area contributed by atoms with Gasteiger partial charge in [0, 0.05) is 30.5 Å². The smallest absolute Gasteiger partial charge is 0.220 e. The molecule has 23 heavy (non-hydrogen) atoms. The minimum atomic E-state index is -0.0511. The molecule has 1 aromatic rings. The van der Waals surface area contributed by atoms with E-state index in [1.807, 2.05) is 6.92 Å².